The first kappa shape index (κ1) is 19.4. The fourth-order valence-electron chi connectivity index (χ4n) is 3.50. The molecule has 2 aromatic heterocycles. The molecule has 30 heavy (non-hydrogen) atoms. The second kappa shape index (κ2) is 7.18. The second-order valence-electron chi connectivity index (χ2n) is 6.81. The van der Waals surface area contributed by atoms with Gasteiger partial charge in [0.25, 0.3) is 5.56 Å². The topological polar surface area (TPSA) is 102 Å². The molecule has 0 saturated carbocycles. The fraction of sp³-hybridized carbons (Fsp3) is 0.238. The average Bonchev–Trinajstić information content (AvgIpc) is 3.21. The Morgan fingerprint density at radius 1 is 1.23 bits per heavy atom. The first-order valence-corrected chi connectivity index (χ1v) is 9.13. The monoisotopic (exact) mass is 409 g/mol. The van der Waals surface area contributed by atoms with E-state index in [-0.39, 0.29) is 30.0 Å². The SMILES string of the molecule is C=CCOC(=O)c1c(C)nc2c(c1-c1ccc3c(c1)OCO3)c(=O)n(C)c(=O)n2C. The lowest BCUT2D eigenvalue weighted by atomic mass is 9.95. The molecular formula is C21H19N3O6. The maximum absolute atomic E-state index is 13.1. The van der Waals surface area contributed by atoms with Gasteiger partial charge in [-0.3, -0.25) is 13.9 Å². The maximum Gasteiger partial charge on any atom is 0.340 e. The molecule has 0 aliphatic carbocycles. The number of hydrogen-bond donors (Lipinski definition) is 0. The van der Waals surface area contributed by atoms with Crippen LogP contribution < -0.4 is 20.7 Å². The van der Waals surface area contributed by atoms with Crippen molar-refractivity contribution >= 4 is 17.0 Å². The number of carbonyl (C=O) groups is 1. The van der Waals surface area contributed by atoms with Gasteiger partial charge in [0, 0.05) is 19.7 Å². The summed E-state index contributed by atoms with van der Waals surface area (Å²) in [7, 11) is 2.90. The predicted molar refractivity (Wildman–Crippen MR) is 109 cm³/mol. The lowest BCUT2D eigenvalue weighted by molar-refractivity contribution is 0.0549. The number of rotatable bonds is 4. The smallest absolute Gasteiger partial charge is 0.340 e. The summed E-state index contributed by atoms with van der Waals surface area (Å²) >= 11 is 0. The van der Waals surface area contributed by atoms with Gasteiger partial charge in [-0.05, 0) is 24.6 Å². The van der Waals surface area contributed by atoms with E-state index in [0.29, 0.717) is 28.3 Å². The molecular weight excluding hydrogens is 390 g/mol. The standard InChI is InChI=1S/C21H19N3O6/c1-5-8-28-20(26)15-11(2)22-18-17(19(25)24(4)21(27)23(18)3)16(15)12-6-7-13-14(9-12)30-10-29-13/h5-7,9H,1,8,10H2,2-4H3. The van der Waals surface area contributed by atoms with Crippen LogP contribution in [0.4, 0.5) is 0 Å². The third-order valence-corrected chi connectivity index (χ3v) is 4.97. The van der Waals surface area contributed by atoms with Crippen molar-refractivity contribution in [1.29, 1.82) is 0 Å². The number of pyridine rings is 1. The Kier molecular flexibility index (Phi) is 4.65. The average molecular weight is 409 g/mol. The minimum absolute atomic E-state index is 0.00216. The third-order valence-electron chi connectivity index (χ3n) is 4.97. The van der Waals surface area contributed by atoms with Crippen molar-refractivity contribution in [2.75, 3.05) is 13.4 Å². The van der Waals surface area contributed by atoms with Gasteiger partial charge >= 0.3 is 11.7 Å². The molecule has 0 radical (unpaired) electrons. The van der Waals surface area contributed by atoms with E-state index in [9.17, 15) is 14.4 Å². The molecule has 9 heteroatoms. The Bertz CT molecular complexity index is 1340. The minimum atomic E-state index is -0.648. The van der Waals surface area contributed by atoms with E-state index in [1.807, 2.05) is 0 Å². The van der Waals surface area contributed by atoms with Crippen molar-refractivity contribution in [2.24, 2.45) is 14.1 Å². The highest BCUT2D eigenvalue weighted by molar-refractivity contribution is 6.07. The number of fused-ring (bicyclic) bond motifs is 2. The van der Waals surface area contributed by atoms with Crippen LogP contribution in [0.25, 0.3) is 22.2 Å². The highest BCUT2D eigenvalue weighted by Gasteiger charge is 2.26. The summed E-state index contributed by atoms with van der Waals surface area (Å²) in [6.45, 7) is 5.26. The zero-order valence-corrected chi connectivity index (χ0v) is 16.7. The zero-order valence-electron chi connectivity index (χ0n) is 16.7. The van der Waals surface area contributed by atoms with E-state index < -0.39 is 17.2 Å². The van der Waals surface area contributed by atoms with Crippen LogP contribution in [0.1, 0.15) is 16.1 Å². The number of nitrogens with zero attached hydrogens (tertiary/aromatic N) is 3. The lowest BCUT2D eigenvalue weighted by Crippen LogP contribution is -2.38. The summed E-state index contributed by atoms with van der Waals surface area (Å²) in [6.07, 6.45) is 1.45. The van der Waals surface area contributed by atoms with Gasteiger partial charge < -0.3 is 14.2 Å². The zero-order chi connectivity index (χ0) is 21.6. The van der Waals surface area contributed by atoms with E-state index in [1.165, 1.54) is 24.7 Å². The second-order valence-corrected chi connectivity index (χ2v) is 6.81. The summed E-state index contributed by atoms with van der Waals surface area (Å²) in [5, 5.41) is 0.134. The van der Waals surface area contributed by atoms with Crippen LogP contribution in [0.2, 0.25) is 0 Å². The first-order chi connectivity index (χ1) is 14.3. The molecule has 0 amide bonds. The van der Waals surface area contributed by atoms with Gasteiger partial charge in [-0.15, -0.1) is 0 Å². The van der Waals surface area contributed by atoms with E-state index in [1.54, 1.807) is 25.1 Å². The molecule has 0 fully saturated rings. The molecule has 0 atom stereocenters. The minimum Gasteiger partial charge on any atom is -0.458 e. The lowest BCUT2D eigenvalue weighted by Gasteiger charge is -2.17. The van der Waals surface area contributed by atoms with Crippen molar-refractivity contribution in [3.8, 4) is 22.6 Å². The maximum atomic E-state index is 13.1. The molecule has 1 aliphatic heterocycles. The van der Waals surface area contributed by atoms with E-state index >= 15 is 0 Å². The molecule has 0 unspecified atom stereocenters. The number of ether oxygens (including phenoxy) is 3. The van der Waals surface area contributed by atoms with Crippen LogP contribution >= 0.6 is 0 Å². The number of hydrogen-bond acceptors (Lipinski definition) is 7. The summed E-state index contributed by atoms with van der Waals surface area (Å²) in [4.78, 5) is 42.8. The fourth-order valence-corrected chi connectivity index (χ4v) is 3.50. The molecule has 1 aliphatic rings. The van der Waals surface area contributed by atoms with Crippen LogP contribution in [0.3, 0.4) is 0 Å². The van der Waals surface area contributed by atoms with E-state index in [4.69, 9.17) is 14.2 Å². The van der Waals surface area contributed by atoms with Gasteiger partial charge in [0.15, 0.2) is 11.5 Å². The number of carbonyl (C=O) groups excluding carboxylic acids is 1. The molecule has 1 aromatic carbocycles. The molecule has 0 spiro atoms. The number of benzene rings is 1. The van der Waals surface area contributed by atoms with Crippen LogP contribution in [0.5, 0.6) is 11.5 Å². The molecule has 9 nitrogen and oxygen atoms in total. The van der Waals surface area contributed by atoms with Crippen molar-refractivity contribution < 1.29 is 19.0 Å². The van der Waals surface area contributed by atoms with Gasteiger partial charge in [0.1, 0.15) is 12.3 Å². The van der Waals surface area contributed by atoms with Crippen molar-refractivity contribution in [3.05, 3.63) is 62.9 Å². The highest BCUT2D eigenvalue weighted by atomic mass is 16.7. The Balaban J connectivity index is 2.16. The summed E-state index contributed by atoms with van der Waals surface area (Å²) in [5.41, 5.74) is 0.418. The Morgan fingerprint density at radius 3 is 2.70 bits per heavy atom. The molecule has 0 saturated heterocycles. The Labute approximate surface area is 170 Å². The molecule has 3 heterocycles. The van der Waals surface area contributed by atoms with Gasteiger partial charge in [-0.25, -0.2) is 14.6 Å². The Hall–Kier alpha value is -3.88. The Morgan fingerprint density at radius 2 is 1.97 bits per heavy atom. The predicted octanol–water partition coefficient (Wildman–Crippen LogP) is 1.68. The molecule has 0 bridgehead atoms. The van der Waals surface area contributed by atoms with Gasteiger partial charge in [0.2, 0.25) is 6.79 Å². The highest BCUT2D eigenvalue weighted by Crippen LogP contribution is 2.39. The van der Waals surface area contributed by atoms with Crippen LogP contribution in [0, 0.1) is 6.92 Å². The molecule has 154 valence electrons. The van der Waals surface area contributed by atoms with Crippen LogP contribution in [-0.4, -0.2) is 33.5 Å². The number of aromatic nitrogens is 3. The van der Waals surface area contributed by atoms with E-state index in [2.05, 4.69) is 11.6 Å². The number of aryl methyl sites for hydroxylation is 2. The molecule has 0 N–H and O–H groups in total. The van der Waals surface area contributed by atoms with Gasteiger partial charge in [-0.2, -0.15) is 0 Å². The molecule has 3 aromatic rings. The van der Waals surface area contributed by atoms with Crippen LogP contribution in [0.15, 0.2) is 40.4 Å². The summed E-state index contributed by atoms with van der Waals surface area (Å²) in [5.74, 6) is 0.400. The normalized spacial score (nSPS) is 12.2. The van der Waals surface area contributed by atoms with Crippen LogP contribution in [-0.2, 0) is 18.8 Å². The van der Waals surface area contributed by atoms with Crippen molar-refractivity contribution in [3.63, 3.8) is 0 Å². The molecule has 4 rings (SSSR count). The van der Waals surface area contributed by atoms with E-state index in [0.717, 1.165) is 4.57 Å². The van der Waals surface area contributed by atoms with Crippen molar-refractivity contribution in [1.82, 2.24) is 14.1 Å². The third kappa shape index (κ3) is 2.86. The van der Waals surface area contributed by atoms with Gasteiger partial charge in [0.05, 0.1) is 16.6 Å². The number of esters is 1. The van der Waals surface area contributed by atoms with Gasteiger partial charge in [-0.1, -0.05) is 18.7 Å². The first-order valence-electron chi connectivity index (χ1n) is 9.13. The largest absolute Gasteiger partial charge is 0.458 e. The quantitative estimate of drug-likeness (QED) is 0.477. The van der Waals surface area contributed by atoms with Crippen molar-refractivity contribution in [2.45, 2.75) is 6.92 Å². The summed E-state index contributed by atoms with van der Waals surface area (Å²) < 4.78 is 18.3. The summed E-state index contributed by atoms with van der Waals surface area (Å²) in [6, 6.07) is 5.10.